The third kappa shape index (κ3) is 6.55. The Hall–Kier alpha value is -3.12. The van der Waals surface area contributed by atoms with E-state index in [1.807, 2.05) is 0 Å². The highest BCUT2D eigenvalue weighted by Crippen LogP contribution is 2.34. The molecule has 2 aliphatic rings. The number of nitrogens with zero attached hydrogens (tertiary/aromatic N) is 4. The number of aromatic nitrogens is 3. The maximum absolute atomic E-state index is 13.8. The molecule has 1 amide bonds. The van der Waals surface area contributed by atoms with Crippen molar-refractivity contribution in [1.29, 1.82) is 0 Å². The Morgan fingerprint density at radius 1 is 1.10 bits per heavy atom. The third-order valence-corrected chi connectivity index (χ3v) is 7.37. The minimum atomic E-state index is -4.72. The summed E-state index contributed by atoms with van der Waals surface area (Å²) in [5.74, 6) is -3.31. The van der Waals surface area contributed by atoms with E-state index in [2.05, 4.69) is 25.6 Å². The number of amides is 1. The Bertz CT molecular complexity index is 1340. The predicted molar refractivity (Wildman–Crippen MR) is 136 cm³/mol. The van der Waals surface area contributed by atoms with Crippen molar-refractivity contribution in [2.24, 2.45) is 5.92 Å². The van der Waals surface area contributed by atoms with Crippen molar-refractivity contribution < 1.29 is 26.7 Å². The molecule has 0 spiro atoms. The number of piperidine rings is 1. The van der Waals surface area contributed by atoms with Crippen LogP contribution in [0.3, 0.4) is 0 Å². The first-order valence-electron chi connectivity index (χ1n) is 12.6. The largest absolute Gasteiger partial charge is 0.451 e. The molecule has 3 heterocycles. The molecule has 1 aliphatic carbocycles. The van der Waals surface area contributed by atoms with E-state index in [1.165, 1.54) is 12.8 Å². The third-order valence-electron chi connectivity index (χ3n) is 7.05. The Labute approximate surface area is 226 Å². The summed E-state index contributed by atoms with van der Waals surface area (Å²) in [7, 11) is 0. The summed E-state index contributed by atoms with van der Waals surface area (Å²) in [6.45, 7) is 0.728. The summed E-state index contributed by atoms with van der Waals surface area (Å²) in [5.41, 5.74) is 1.03. The standard InChI is InChI=1S/C26H26ClF5N6O/c27-18-4-5-19-17(3-6-21(37-19)33-11-15-1-2-15)22(18)23(39)34-14-20(38-9-7-25(28,29)8-10-38)16-12-35-24(36-13-16)26(30,31)32/h3-6,12-13,15,20H,1-2,7-11,14H2,(H,33,37)(H,34,39). The number of halogens is 6. The monoisotopic (exact) mass is 568 g/mol. The van der Waals surface area contributed by atoms with Crippen LogP contribution in [0.15, 0.2) is 36.7 Å². The Morgan fingerprint density at radius 2 is 1.79 bits per heavy atom. The van der Waals surface area contributed by atoms with E-state index < -0.39 is 42.7 Å². The molecule has 2 fully saturated rings. The van der Waals surface area contributed by atoms with E-state index in [1.54, 1.807) is 29.2 Å². The lowest BCUT2D eigenvalue weighted by Crippen LogP contribution is -2.45. The van der Waals surface area contributed by atoms with Crippen LogP contribution in [0.1, 0.15) is 53.5 Å². The molecule has 1 unspecified atom stereocenters. The van der Waals surface area contributed by atoms with Gasteiger partial charge in [-0.3, -0.25) is 9.69 Å². The van der Waals surface area contributed by atoms with Crippen LogP contribution in [0.4, 0.5) is 27.8 Å². The topological polar surface area (TPSA) is 83.0 Å². The maximum Gasteiger partial charge on any atom is 0.451 e. The minimum absolute atomic E-state index is 0.00978. The van der Waals surface area contributed by atoms with Gasteiger partial charge >= 0.3 is 6.18 Å². The summed E-state index contributed by atoms with van der Waals surface area (Å²) < 4.78 is 66.5. The number of benzene rings is 1. The summed E-state index contributed by atoms with van der Waals surface area (Å²) in [5, 5.41) is 6.81. The minimum Gasteiger partial charge on any atom is -0.370 e. The fraction of sp³-hybridized carbons (Fsp3) is 0.462. The van der Waals surface area contributed by atoms with Gasteiger partial charge in [-0.05, 0) is 43.0 Å². The average molecular weight is 569 g/mol. The van der Waals surface area contributed by atoms with E-state index in [9.17, 15) is 26.7 Å². The number of hydrogen-bond donors (Lipinski definition) is 2. The Kier molecular flexibility index (Phi) is 7.60. The van der Waals surface area contributed by atoms with Gasteiger partial charge in [-0.1, -0.05) is 11.6 Å². The zero-order chi connectivity index (χ0) is 27.8. The highest BCUT2D eigenvalue weighted by atomic mass is 35.5. The molecule has 39 heavy (non-hydrogen) atoms. The number of anilines is 1. The molecule has 13 heteroatoms. The Balaban J connectivity index is 1.36. The first-order chi connectivity index (χ1) is 18.5. The number of likely N-dealkylation sites (tertiary alicyclic amines) is 1. The van der Waals surface area contributed by atoms with E-state index in [0.717, 1.165) is 18.9 Å². The van der Waals surface area contributed by atoms with Gasteiger partial charge in [0.05, 0.1) is 22.1 Å². The zero-order valence-electron chi connectivity index (χ0n) is 20.7. The molecule has 3 aromatic rings. The van der Waals surface area contributed by atoms with Crippen molar-refractivity contribution in [2.75, 3.05) is 31.5 Å². The molecule has 2 aromatic heterocycles. The SMILES string of the molecule is O=C(NCC(c1cnc(C(F)(F)F)nc1)N1CCC(F)(F)CC1)c1c(Cl)ccc2nc(NCC3CC3)ccc12. The van der Waals surface area contributed by atoms with Crippen molar-refractivity contribution in [1.82, 2.24) is 25.2 Å². The van der Waals surface area contributed by atoms with Crippen LogP contribution in [0.25, 0.3) is 10.9 Å². The Morgan fingerprint density at radius 3 is 2.44 bits per heavy atom. The van der Waals surface area contributed by atoms with Gasteiger partial charge in [0.15, 0.2) is 0 Å². The normalized spacial score (nSPS) is 18.6. The smallest absolute Gasteiger partial charge is 0.370 e. The van der Waals surface area contributed by atoms with Crippen LogP contribution in [-0.2, 0) is 6.18 Å². The summed E-state index contributed by atoms with van der Waals surface area (Å²) in [6.07, 6.45) is -1.11. The number of carbonyl (C=O) groups is 1. The lowest BCUT2D eigenvalue weighted by Gasteiger charge is -2.37. The second kappa shape index (κ2) is 10.8. The number of carbonyl (C=O) groups excluding carboxylic acids is 1. The molecule has 1 aliphatic heterocycles. The van der Waals surface area contributed by atoms with Crippen molar-refractivity contribution >= 4 is 34.2 Å². The van der Waals surface area contributed by atoms with E-state index in [-0.39, 0.29) is 35.8 Å². The summed E-state index contributed by atoms with van der Waals surface area (Å²) in [4.78, 5) is 26.4. The molecular weight excluding hydrogens is 543 g/mol. The van der Waals surface area contributed by atoms with E-state index in [0.29, 0.717) is 22.6 Å². The molecule has 0 bridgehead atoms. The molecule has 208 valence electrons. The summed E-state index contributed by atoms with van der Waals surface area (Å²) >= 11 is 6.40. The number of hydrogen-bond acceptors (Lipinski definition) is 6. The number of pyridine rings is 1. The number of fused-ring (bicyclic) bond motifs is 1. The molecule has 1 saturated carbocycles. The highest BCUT2D eigenvalue weighted by Gasteiger charge is 2.38. The predicted octanol–water partition coefficient (Wildman–Crippen LogP) is 5.72. The van der Waals surface area contributed by atoms with Crippen molar-refractivity contribution in [3.05, 3.63) is 58.6 Å². The van der Waals surface area contributed by atoms with Crippen molar-refractivity contribution in [3.63, 3.8) is 0 Å². The van der Waals surface area contributed by atoms with Crippen LogP contribution >= 0.6 is 11.6 Å². The van der Waals surface area contributed by atoms with Gasteiger partial charge in [-0.15, -0.1) is 0 Å². The molecule has 1 saturated heterocycles. The molecule has 0 radical (unpaired) electrons. The van der Waals surface area contributed by atoms with E-state index in [4.69, 9.17) is 11.6 Å². The van der Waals surface area contributed by atoms with Gasteiger partial charge in [0, 0.05) is 62.4 Å². The van der Waals surface area contributed by atoms with Gasteiger partial charge in [-0.25, -0.2) is 23.7 Å². The van der Waals surface area contributed by atoms with Crippen LogP contribution in [0.5, 0.6) is 0 Å². The van der Waals surface area contributed by atoms with Gasteiger partial charge in [0.2, 0.25) is 5.82 Å². The quantitative estimate of drug-likeness (QED) is 0.338. The second-order valence-corrected chi connectivity index (χ2v) is 10.4. The summed E-state index contributed by atoms with van der Waals surface area (Å²) in [6, 6.07) is 6.09. The van der Waals surface area contributed by atoms with Gasteiger partial charge in [0.25, 0.3) is 11.8 Å². The molecule has 5 rings (SSSR count). The average Bonchev–Trinajstić information content (AvgIpc) is 3.72. The second-order valence-electron chi connectivity index (χ2n) is 9.97. The molecule has 1 atom stereocenters. The highest BCUT2D eigenvalue weighted by molar-refractivity contribution is 6.35. The number of alkyl halides is 5. The molecule has 1 aromatic carbocycles. The van der Waals surface area contributed by atoms with Crippen molar-refractivity contribution in [2.45, 2.75) is 43.8 Å². The number of nitrogens with one attached hydrogen (secondary N) is 2. The number of rotatable bonds is 8. The first-order valence-corrected chi connectivity index (χ1v) is 13.0. The van der Waals surface area contributed by atoms with Gasteiger partial charge in [-0.2, -0.15) is 13.2 Å². The lowest BCUT2D eigenvalue weighted by atomic mass is 10.0. The van der Waals surface area contributed by atoms with Crippen LogP contribution in [0.2, 0.25) is 5.02 Å². The van der Waals surface area contributed by atoms with Crippen LogP contribution in [0, 0.1) is 5.92 Å². The first kappa shape index (κ1) is 27.4. The molecule has 7 nitrogen and oxygen atoms in total. The van der Waals surface area contributed by atoms with Crippen LogP contribution in [-0.4, -0.2) is 57.9 Å². The van der Waals surface area contributed by atoms with Gasteiger partial charge < -0.3 is 10.6 Å². The zero-order valence-corrected chi connectivity index (χ0v) is 21.5. The lowest BCUT2D eigenvalue weighted by molar-refractivity contribution is -0.145. The van der Waals surface area contributed by atoms with Crippen molar-refractivity contribution in [3.8, 4) is 0 Å². The fourth-order valence-electron chi connectivity index (χ4n) is 4.63. The fourth-order valence-corrected chi connectivity index (χ4v) is 4.88. The maximum atomic E-state index is 13.8. The van der Waals surface area contributed by atoms with E-state index >= 15 is 0 Å². The molecular formula is C26H26ClF5N6O. The molecule has 2 N–H and O–H groups in total. The van der Waals surface area contributed by atoms with Crippen LogP contribution < -0.4 is 10.6 Å². The van der Waals surface area contributed by atoms with Gasteiger partial charge in [0.1, 0.15) is 5.82 Å².